The first kappa shape index (κ1) is 17.1. The number of thioether (sulfide) groups is 1. The Morgan fingerprint density at radius 3 is 2.75 bits per heavy atom. The first-order valence-electron chi connectivity index (χ1n) is 7.18. The highest BCUT2D eigenvalue weighted by molar-refractivity contribution is 7.99. The topological polar surface area (TPSA) is 59.3 Å². The van der Waals surface area contributed by atoms with Gasteiger partial charge in [0.15, 0.2) is 10.8 Å². The van der Waals surface area contributed by atoms with Crippen LogP contribution >= 0.6 is 35.0 Å². The lowest BCUT2D eigenvalue weighted by molar-refractivity contribution is -0.118. The van der Waals surface area contributed by atoms with Gasteiger partial charge in [0, 0.05) is 12.7 Å². The Morgan fingerprint density at radius 2 is 2.00 bits per heavy atom. The van der Waals surface area contributed by atoms with Crippen LogP contribution in [0, 0.1) is 6.92 Å². The van der Waals surface area contributed by atoms with E-state index in [4.69, 9.17) is 23.2 Å². The van der Waals surface area contributed by atoms with Gasteiger partial charge in [-0.2, -0.15) is 0 Å². The van der Waals surface area contributed by atoms with Crippen molar-refractivity contribution in [3.05, 3.63) is 57.7 Å². The molecule has 0 saturated heterocycles. The van der Waals surface area contributed by atoms with E-state index in [1.54, 1.807) is 16.7 Å². The van der Waals surface area contributed by atoms with Gasteiger partial charge >= 0.3 is 0 Å². The highest BCUT2D eigenvalue weighted by atomic mass is 35.5. The number of halogens is 2. The van der Waals surface area contributed by atoms with E-state index in [9.17, 15) is 4.79 Å². The van der Waals surface area contributed by atoms with Crippen LogP contribution < -0.4 is 5.32 Å². The number of amides is 1. The van der Waals surface area contributed by atoms with Crippen molar-refractivity contribution in [2.24, 2.45) is 0 Å². The van der Waals surface area contributed by atoms with Gasteiger partial charge in [0.1, 0.15) is 0 Å². The summed E-state index contributed by atoms with van der Waals surface area (Å²) in [6.07, 6.45) is 1.68. The first-order valence-corrected chi connectivity index (χ1v) is 8.92. The van der Waals surface area contributed by atoms with Crippen molar-refractivity contribution in [1.29, 1.82) is 0 Å². The normalized spacial score (nSPS) is 11.0. The molecule has 3 aromatic rings. The number of carbonyl (C=O) groups is 1. The fourth-order valence-electron chi connectivity index (χ4n) is 2.09. The van der Waals surface area contributed by atoms with Gasteiger partial charge in [0.25, 0.3) is 0 Å². The summed E-state index contributed by atoms with van der Waals surface area (Å²) in [5, 5.41) is 12.4. The molecule has 0 spiro atoms. The van der Waals surface area contributed by atoms with E-state index in [1.807, 2.05) is 31.2 Å². The molecular formula is C16H14Cl2N4OS. The third kappa shape index (κ3) is 4.01. The van der Waals surface area contributed by atoms with Crippen molar-refractivity contribution in [2.45, 2.75) is 18.6 Å². The lowest BCUT2D eigenvalue weighted by Gasteiger charge is -2.05. The molecule has 24 heavy (non-hydrogen) atoms. The standard InChI is InChI=1S/C16H14Cl2N4OS/c1-10-2-4-11(5-3-10)7-19-14(23)9-24-16-21-20-15-13(18)6-12(17)8-22(15)16/h2-6,8H,7,9H2,1H3,(H,19,23). The summed E-state index contributed by atoms with van der Waals surface area (Å²) in [5.74, 6) is 0.155. The molecule has 1 N–H and O–H groups in total. The highest BCUT2D eigenvalue weighted by Gasteiger charge is 2.12. The second kappa shape index (κ2) is 7.42. The van der Waals surface area contributed by atoms with Gasteiger partial charge in [-0.25, -0.2) is 0 Å². The van der Waals surface area contributed by atoms with Crippen molar-refractivity contribution < 1.29 is 4.79 Å². The van der Waals surface area contributed by atoms with Crippen LogP contribution in [0.1, 0.15) is 11.1 Å². The summed E-state index contributed by atoms with van der Waals surface area (Å²) in [7, 11) is 0. The van der Waals surface area contributed by atoms with Crippen molar-refractivity contribution in [3.63, 3.8) is 0 Å². The number of benzene rings is 1. The summed E-state index contributed by atoms with van der Waals surface area (Å²) in [4.78, 5) is 12.0. The second-order valence-corrected chi connectivity index (χ2v) is 7.02. The molecule has 2 aromatic heterocycles. The summed E-state index contributed by atoms with van der Waals surface area (Å²) < 4.78 is 1.68. The van der Waals surface area contributed by atoms with Crippen LogP contribution in [0.15, 0.2) is 41.7 Å². The summed E-state index contributed by atoms with van der Waals surface area (Å²) in [6.45, 7) is 2.53. The first-order chi connectivity index (χ1) is 11.5. The molecule has 0 aliphatic heterocycles. The van der Waals surface area contributed by atoms with Gasteiger partial charge in [-0.15, -0.1) is 10.2 Å². The Morgan fingerprint density at radius 1 is 1.25 bits per heavy atom. The van der Waals surface area contributed by atoms with E-state index in [2.05, 4.69) is 15.5 Å². The molecular weight excluding hydrogens is 367 g/mol. The predicted octanol–water partition coefficient (Wildman–Crippen LogP) is 3.75. The van der Waals surface area contributed by atoms with Gasteiger partial charge in [0.05, 0.1) is 15.8 Å². The maximum absolute atomic E-state index is 12.0. The Kier molecular flexibility index (Phi) is 5.28. The van der Waals surface area contributed by atoms with Crippen LogP contribution in [0.3, 0.4) is 0 Å². The number of aryl methyl sites for hydroxylation is 1. The number of nitrogens with zero attached hydrogens (tertiary/aromatic N) is 3. The van der Waals surface area contributed by atoms with Crippen LogP contribution in [-0.2, 0) is 11.3 Å². The Labute approximate surface area is 153 Å². The molecule has 124 valence electrons. The van der Waals surface area contributed by atoms with Crippen LogP contribution in [0.5, 0.6) is 0 Å². The number of rotatable bonds is 5. The minimum absolute atomic E-state index is 0.0783. The summed E-state index contributed by atoms with van der Waals surface area (Å²) in [5.41, 5.74) is 2.77. The molecule has 0 unspecified atom stereocenters. The molecule has 0 fully saturated rings. The van der Waals surface area contributed by atoms with Crippen molar-refractivity contribution in [3.8, 4) is 0 Å². The zero-order chi connectivity index (χ0) is 17.1. The molecule has 2 heterocycles. The fourth-order valence-corrected chi connectivity index (χ4v) is 3.34. The minimum atomic E-state index is -0.0783. The largest absolute Gasteiger partial charge is 0.351 e. The molecule has 1 amide bonds. The van der Waals surface area contributed by atoms with Crippen LogP contribution in [0.25, 0.3) is 5.65 Å². The van der Waals surface area contributed by atoms with E-state index in [0.717, 1.165) is 5.56 Å². The molecule has 0 radical (unpaired) electrons. The SMILES string of the molecule is Cc1ccc(CNC(=O)CSc2nnc3c(Cl)cc(Cl)cn23)cc1. The predicted molar refractivity (Wildman–Crippen MR) is 96.8 cm³/mol. The highest BCUT2D eigenvalue weighted by Crippen LogP contribution is 2.25. The molecule has 0 atom stereocenters. The maximum Gasteiger partial charge on any atom is 0.230 e. The number of pyridine rings is 1. The lowest BCUT2D eigenvalue weighted by atomic mass is 10.1. The quantitative estimate of drug-likeness (QED) is 0.684. The number of aromatic nitrogens is 3. The van der Waals surface area contributed by atoms with Gasteiger partial charge in [-0.05, 0) is 18.6 Å². The fraction of sp³-hybridized carbons (Fsp3) is 0.188. The Balaban J connectivity index is 1.59. The average molecular weight is 381 g/mol. The van der Waals surface area contributed by atoms with Gasteiger partial charge in [-0.1, -0.05) is 64.8 Å². The zero-order valence-electron chi connectivity index (χ0n) is 12.8. The monoisotopic (exact) mass is 380 g/mol. The lowest BCUT2D eigenvalue weighted by Crippen LogP contribution is -2.24. The van der Waals surface area contributed by atoms with E-state index in [-0.39, 0.29) is 11.7 Å². The van der Waals surface area contributed by atoms with Crippen molar-refractivity contribution in [1.82, 2.24) is 19.9 Å². The summed E-state index contributed by atoms with van der Waals surface area (Å²) in [6, 6.07) is 9.64. The molecule has 3 rings (SSSR count). The smallest absolute Gasteiger partial charge is 0.230 e. The molecule has 0 aliphatic carbocycles. The Hall–Kier alpha value is -1.76. The number of fused-ring (bicyclic) bond motifs is 1. The number of hydrogen-bond donors (Lipinski definition) is 1. The molecule has 0 aliphatic rings. The second-order valence-electron chi connectivity index (χ2n) is 5.23. The molecule has 5 nitrogen and oxygen atoms in total. The summed E-state index contributed by atoms with van der Waals surface area (Å²) >= 11 is 13.3. The Bertz CT molecular complexity index is 880. The van der Waals surface area contributed by atoms with Crippen LogP contribution in [0.2, 0.25) is 10.0 Å². The molecule has 8 heteroatoms. The van der Waals surface area contributed by atoms with Gasteiger partial charge < -0.3 is 5.32 Å². The van der Waals surface area contributed by atoms with Crippen molar-refractivity contribution in [2.75, 3.05) is 5.75 Å². The maximum atomic E-state index is 12.0. The molecule has 0 bridgehead atoms. The van der Waals surface area contributed by atoms with E-state index >= 15 is 0 Å². The third-order valence-electron chi connectivity index (χ3n) is 3.34. The number of nitrogens with one attached hydrogen (secondary N) is 1. The van der Waals surface area contributed by atoms with Crippen LogP contribution in [-0.4, -0.2) is 26.3 Å². The minimum Gasteiger partial charge on any atom is -0.351 e. The number of carbonyl (C=O) groups excluding carboxylic acids is 1. The number of hydrogen-bond acceptors (Lipinski definition) is 4. The van der Waals surface area contributed by atoms with Crippen LogP contribution in [0.4, 0.5) is 0 Å². The zero-order valence-corrected chi connectivity index (χ0v) is 15.1. The van der Waals surface area contributed by atoms with Gasteiger partial charge in [0.2, 0.25) is 5.91 Å². The average Bonchev–Trinajstić information content (AvgIpc) is 2.95. The van der Waals surface area contributed by atoms with E-state index < -0.39 is 0 Å². The molecule has 0 saturated carbocycles. The van der Waals surface area contributed by atoms with Crippen molar-refractivity contribution >= 4 is 46.5 Å². The third-order valence-corrected chi connectivity index (χ3v) is 4.77. The van der Waals surface area contributed by atoms with Gasteiger partial charge in [-0.3, -0.25) is 9.20 Å². The van der Waals surface area contributed by atoms with E-state index in [1.165, 1.54) is 17.3 Å². The van der Waals surface area contributed by atoms with E-state index in [0.29, 0.717) is 27.4 Å². The molecule has 1 aromatic carbocycles.